The summed E-state index contributed by atoms with van der Waals surface area (Å²) in [6.07, 6.45) is 0.0295. The monoisotopic (exact) mass is 782 g/mol. The van der Waals surface area contributed by atoms with Gasteiger partial charge in [-0.05, 0) is 0 Å². The van der Waals surface area contributed by atoms with E-state index >= 15 is 0 Å². The summed E-state index contributed by atoms with van der Waals surface area (Å²) in [6, 6.07) is 5.56. The van der Waals surface area contributed by atoms with E-state index < -0.39 is 15.8 Å². The van der Waals surface area contributed by atoms with Gasteiger partial charge in [-0.2, -0.15) is 0 Å². The number of carbonyl (C=O) groups is 2. The van der Waals surface area contributed by atoms with Gasteiger partial charge in [-0.3, -0.25) is 0 Å². The van der Waals surface area contributed by atoms with Gasteiger partial charge >= 0.3 is 182 Å². The standard InChI is InChI=1S/C16H18I4O4/c1-10(2)24-14-7-12(9-23-11(3)21)6-13(8-14)15(22)20(17)16-18-4-5-19-16/h4-8,10,16H,9H2,1-3H3/q-2. The Hall–Kier alpha value is 0.820. The van der Waals surface area contributed by atoms with Crippen LogP contribution in [0.4, 0.5) is 0 Å². The van der Waals surface area contributed by atoms with Crippen LogP contribution >= 0.6 is 34.5 Å². The van der Waals surface area contributed by atoms with Crippen molar-refractivity contribution in [2.75, 3.05) is 0 Å². The second-order valence-corrected chi connectivity index (χ2v) is 27.2. The topological polar surface area (TPSA) is 52.6 Å². The molecule has 0 atom stereocenters. The van der Waals surface area contributed by atoms with E-state index in [1.807, 2.05) is 32.0 Å². The normalized spacial score (nSPS) is 15.5. The second-order valence-electron chi connectivity index (χ2n) is 5.10. The molecule has 0 aromatic heterocycles. The molecule has 1 aromatic carbocycles. The summed E-state index contributed by atoms with van der Waals surface area (Å²) in [5.74, 6) is 0.347. The molecule has 136 valence electrons. The zero-order chi connectivity index (χ0) is 17.7. The van der Waals surface area contributed by atoms with Crippen molar-refractivity contribution in [1.29, 1.82) is 0 Å². The molecule has 1 aliphatic heterocycles. The average molecular weight is 782 g/mol. The molecule has 0 N–H and O–H groups in total. The summed E-state index contributed by atoms with van der Waals surface area (Å²) in [5, 5.41) is 0. The van der Waals surface area contributed by atoms with E-state index in [9.17, 15) is 9.59 Å². The Balaban J connectivity index is 2.23. The van der Waals surface area contributed by atoms with Gasteiger partial charge in [0.15, 0.2) is 0 Å². The Bertz CT molecular complexity index is 637. The van der Waals surface area contributed by atoms with Crippen LogP contribution < -0.4 is 47.1 Å². The van der Waals surface area contributed by atoms with E-state index in [1.165, 1.54) is 6.92 Å². The van der Waals surface area contributed by atoms with Crippen molar-refractivity contribution in [3.8, 4) is 5.75 Å². The van der Waals surface area contributed by atoms with Gasteiger partial charge in [-0.25, -0.2) is 0 Å². The molecule has 1 heterocycles. The predicted molar refractivity (Wildman–Crippen MR) is 103 cm³/mol. The molecule has 0 spiro atoms. The van der Waals surface area contributed by atoms with Gasteiger partial charge in [0, 0.05) is 0 Å². The average Bonchev–Trinajstić information content (AvgIpc) is 3.05. The van der Waals surface area contributed by atoms with Crippen LogP contribution in [0.25, 0.3) is 0 Å². The number of alkyl halides is 3. The summed E-state index contributed by atoms with van der Waals surface area (Å²) < 4.78 is 16.6. The van der Waals surface area contributed by atoms with E-state index in [4.69, 9.17) is 9.47 Å². The predicted octanol–water partition coefficient (Wildman–Crippen LogP) is -1.52. The van der Waals surface area contributed by atoms with Gasteiger partial charge < -0.3 is 0 Å². The molecule has 0 unspecified atom stereocenters. The number of hydrogen-bond donors (Lipinski definition) is 0. The summed E-state index contributed by atoms with van der Waals surface area (Å²) in [5.41, 5.74) is 1.52. The first-order chi connectivity index (χ1) is 11.4. The molecule has 0 bridgehead atoms. The molecule has 0 aliphatic carbocycles. The van der Waals surface area contributed by atoms with Crippen LogP contribution in [0.1, 0.15) is 36.7 Å². The third-order valence-electron chi connectivity index (χ3n) is 2.70. The summed E-state index contributed by atoms with van der Waals surface area (Å²) in [6.45, 7) is 5.47. The maximum atomic E-state index is 13.0. The molecule has 0 amide bonds. The Morgan fingerprint density at radius 3 is 2.50 bits per heavy atom. The van der Waals surface area contributed by atoms with E-state index in [1.54, 1.807) is 0 Å². The van der Waals surface area contributed by atoms with Crippen molar-refractivity contribution in [3.63, 3.8) is 0 Å². The van der Waals surface area contributed by atoms with Crippen LogP contribution in [0.15, 0.2) is 26.4 Å². The van der Waals surface area contributed by atoms with Gasteiger partial charge in [0.2, 0.25) is 0 Å². The van der Waals surface area contributed by atoms with Crippen molar-refractivity contribution in [3.05, 3.63) is 37.5 Å². The summed E-state index contributed by atoms with van der Waals surface area (Å²) >= 11 is 0.915. The van der Waals surface area contributed by atoms with Gasteiger partial charge in [0.05, 0.1) is 0 Å². The van der Waals surface area contributed by atoms with E-state index in [2.05, 4.69) is 26.8 Å². The first-order valence-electron chi connectivity index (χ1n) is 7.09. The van der Waals surface area contributed by atoms with Crippen molar-refractivity contribution in [2.24, 2.45) is 0 Å². The fourth-order valence-electron chi connectivity index (χ4n) is 1.84. The number of esters is 1. The molecule has 8 heteroatoms. The Kier molecular flexibility index (Phi) is 9.00. The fourth-order valence-corrected chi connectivity index (χ4v) is 29.0. The van der Waals surface area contributed by atoms with Crippen LogP contribution in [0.5, 0.6) is 5.75 Å². The molecular weight excluding hydrogens is 764 g/mol. The zero-order valence-corrected chi connectivity index (χ0v) is 22.0. The zero-order valence-electron chi connectivity index (χ0n) is 13.4. The molecule has 24 heavy (non-hydrogen) atoms. The van der Waals surface area contributed by atoms with Crippen LogP contribution in [0.2, 0.25) is 0 Å². The molecular formula is C16H18I4O4-2. The molecule has 0 saturated heterocycles. The molecule has 1 aromatic rings. The Morgan fingerprint density at radius 2 is 1.92 bits per heavy atom. The van der Waals surface area contributed by atoms with Gasteiger partial charge in [-0.1, -0.05) is 0 Å². The van der Waals surface area contributed by atoms with Crippen molar-refractivity contribution < 1.29 is 61.5 Å². The quantitative estimate of drug-likeness (QED) is 0.146. The molecule has 0 saturated carbocycles. The Labute approximate surface area is 180 Å². The first kappa shape index (κ1) is 21.1. The van der Waals surface area contributed by atoms with Crippen molar-refractivity contribution >= 4 is 44.2 Å². The SMILES string of the molecule is CC(=O)OCc1cc(OC(C)C)cc(C(=O)I(I)C2[I-]C=C[I-]2)c1. The van der Waals surface area contributed by atoms with Crippen LogP contribution in [-0.4, -0.2) is 15.8 Å². The van der Waals surface area contributed by atoms with E-state index in [0.29, 0.717) is 9.54 Å². The number of carbonyl (C=O) groups excluding carboxylic acids is 2. The summed E-state index contributed by atoms with van der Waals surface area (Å²) in [7, 11) is 0. The third kappa shape index (κ3) is 6.52. The van der Waals surface area contributed by atoms with Crippen molar-refractivity contribution in [1.82, 2.24) is 0 Å². The minimum absolute atomic E-state index is 0.0295. The van der Waals surface area contributed by atoms with E-state index in [0.717, 1.165) is 11.1 Å². The number of hydrogen-bond acceptors (Lipinski definition) is 4. The molecule has 1 aliphatic rings. The van der Waals surface area contributed by atoms with E-state index in [-0.39, 0.29) is 61.1 Å². The molecule has 0 fully saturated rings. The van der Waals surface area contributed by atoms with Crippen LogP contribution in [0.3, 0.4) is 0 Å². The minimum atomic E-state index is -1.68. The first-order valence-corrected chi connectivity index (χ1v) is 20.7. The number of benzene rings is 1. The molecule has 0 radical (unpaired) electrons. The molecule has 4 nitrogen and oxygen atoms in total. The number of ether oxygens (including phenoxy) is 2. The van der Waals surface area contributed by atoms with Gasteiger partial charge in [0.1, 0.15) is 0 Å². The van der Waals surface area contributed by atoms with Crippen LogP contribution in [-0.2, 0) is 16.1 Å². The fraction of sp³-hybridized carbons (Fsp3) is 0.375. The summed E-state index contributed by atoms with van der Waals surface area (Å²) in [4.78, 5) is 24.0. The number of rotatable bonds is 7. The number of halogens is 4. The van der Waals surface area contributed by atoms with Crippen LogP contribution in [0, 0.1) is 0 Å². The third-order valence-corrected chi connectivity index (χ3v) is 40.4. The maximum absolute atomic E-state index is 13.0. The Morgan fingerprint density at radius 1 is 1.25 bits per heavy atom. The van der Waals surface area contributed by atoms with Gasteiger partial charge in [-0.15, -0.1) is 0 Å². The van der Waals surface area contributed by atoms with Crippen molar-refractivity contribution in [2.45, 2.75) is 33.4 Å². The van der Waals surface area contributed by atoms with Gasteiger partial charge in [0.25, 0.3) is 0 Å². The molecule has 2 rings (SSSR count). The second kappa shape index (κ2) is 10.2.